The summed E-state index contributed by atoms with van der Waals surface area (Å²) in [6.07, 6.45) is 3.53. The molecule has 6 nitrogen and oxygen atoms in total. The second kappa shape index (κ2) is 11.9. The highest BCUT2D eigenvalue weighted by Crippen LogP contribution is 2.32. The molecule has 0 bridgehead atoms. The normalized spacial score (nSPS) is 16.9. The molecule has 1 aliphatic rings. The first-order valence-corrected chi connectivity index (χ1v) is 10.6. The van der Waals surface area contributed by atoms with E-state index in [-0.39, 0.29) is 47.9 Å². The Labute approximate surface area is 203 Å². The molecule has 0 spiro atoms. The van der Waals surface area contributed by atoms with Gasteiger partial charge in [0.2, 0.25) is 5.91 Å². The molecule has 0 aliphatic carbocycles. The van der Waals surface area contributed by atoms with E-state index in [0.717, 1.165) is 5.56 Å². The van der Waals surface area contributed by atoms with Gasteiger partial charge in [0.1, 0.15) is 5.75 Å². The number of ketones is 1. The third-order valence-corrected chi connectivity index (χ3v) is 6.10. The SMILES string of the molecule is COc1ccc(C(=O)c2cccc(NC(=O)C3CSC(c4cccnc4)N3)c2)cc1.Cl.Cl. The number of halogens is 2. The van der Waals surface area contributed by atoms with Gasteiger partial charge in [-0.3, -0.25) is 19.9 Å². The van der Waals surface area contributed by atoms with Crippen LogP contribution in [0.25, 0.3) is 0 Å². The highest BCUT2D eigenvalue weighted by Gasteiger charge is 2.30. The molecule has 1 aromatic heterocycles. The number of ether oxygens (including phenoxy) is 1. The van der Waals surface area contributed by atoms with Gasteiger partial charge >= 0.3 is 0 Å². The number of aromatic nitrogens is 1. The van der Waals surface area contributed by atoms with Crippen molar-refractivity contribution in [1.29, 1.82) is 0 Å². The number of methoxy groups -OCH3 is 1. The van der Waals surface area contributed by atoms with E-state index in [1.165, 1.54) is 0 Å². The van der Waals surface area contributed by atoms with E-state index in [2.05, 4.69) is 15.6 Å². The lowest BCUT2D eigenvalue weighted by Crippen LogP contribution is -2.38. The van der Waals surface area contributed by atoms with E-state index in [1.54, 1.807) is 79.8 Å². The number of rotatable bonds is 6. The molecule has 1 aliphatic heterocycles. The summed E-state index contributed by atoms with van der Waals surface area (Å²) >= 11 is 1.67. The average molecular weight is 492 g/mol. The summed E-state index contributed by atoms with van der Waals surface area (Å²) < 4.78 is 5.13. The number of hydrogen-bond acceptors (Lipinski definition) is 6. The van der Waals surface area contributed by atoms with Crippen LogP contribution >= 0.6 is 36.6 Å². The number of carbonyl (C=O) groups is 2. The Morgan fingerprint density at radius 1 is 1.06 bits per heavy atom. The van der Waals surface area contributed by atoms with Gasteiger partial charge in [-0.05, 0) is 48.0 Å². The van der Waals surface area contributed by atoms with E-state index in [9.17, 15) is 9.59 Å². The number of hydrogen-bond donors (Lipinski definition) is 2. The predicted molar refractivity (Wildman–Crippen MR) is 132 cm³/mol. The summed E-state index contributed by atoms with van der Waals surface area (Å²) in [5.41, 5.74) is 2.72. The smallest absolute Gasteiger partial charge is 0.242 e. The standard InChI is InChI=1S/C23H21N3O3S.2ClH/c1-29-19-9-7-15(8-10-19)21(27)16-4-2-6-18(12-16)25-22(28)20-14-30-23(26-20)17-5-3-11-24-13-17;;/h2-13,20,23,26H,14H2,1H3,(H,25,28);2*1H. The zero-order valence-electron chi connectivity index (χ0n) is 17.2. The van der Waals surface area contributed by atoms with Gasteiger partial charge in [0.25, 0.3) is 0 Å². The van der Waals surface area contributed by atoms with Crippen molar-refractivity contribution in [2.24, 2.45) is 0 Å². The van der Waals surface area contributed by atoms with Crippen LogP contribution < -0.4 is 15.4 Å². The third kappa shape index (κ3) is 6.01. The fourth-order valence-corrected chi connectivity index (χ4v) is 4.45. The summed E-state index contributed by atoms with van der Waals surface area (Å²) in [6.45, 7) is 0. The summed E-state index contributed by atoms with van der Waals surface area (Å²) in [4.78, 5) is 29.6. The Bertz CT molecular complexity index is 1050. The van der Waals surface area contributed by atoms with Gasteiger partial charge in [-0.15, -0.1) is 36.6 Å². The number of nitrogens with one attached hydrogen (secondary N) is 2. The zero-order chi connectivity index (χ0) is 20.9. The predicted octanol–water partition coefficient (Wildman–Crippen LogP) is 4.51. The molecule has 0 radical (unpaired) electrons. The van der Waals surface area contributed by atoms with Gasteiger partial charge in [-0.1, -0.05) is 18.2 Å². The molecule has 1 amide bonds. The molecule has 2 heterocycles. The number of pyridine rings is 1. The van der Waals surface area contributed by atoms with E-state index in [4.69, 9.17) is 4.74 Å². The molecule has 2 atom stereocenters. The van der Waals surface area contributed by atoms with E-state index in [0.29, 0.717) is 28.3 Å². The summed E-state index contributed by atoms with van der Waals surface area (Å²) in [5.74, 6) is 1.12. The lowest BCUT2D eigenvalue weighted by molar-refractivity contribution is -0.117. The van der Waals surface area contributed by atoms with Crippen molar-refractivity contribution in [2.45, 2.75) is 11.4 Å². The van der Waals surface area contributed by atoms with Crippen molar-refractivity contribution in [2.75, 3.05) is 18.2 Å². The maximum absolute atomic E-state index is 12.8. The monoisotopic (exact) mass is 491 g/mol. The van der Waals surface area contributed by atoms with Crippen LogP contribution in [0.15, 0.2) is 73.1 Å². The van der Waals surface area contributed by atoms with Crippen LogP contribution in [0, 0.1) is 0 Å². The lowest BCUT2D eigenvalue weighted by Gasteiger charge is -2.14. The van der Waals surface area contributed by atoms with Crippen LogP contribution in [-0.4, -0.2) is 35.6 Å². The molecule has 9 heteroatoms. The van der Waals surface area contributed by atoms with Gasteiger partial charge in [0, 0.05) is 35.0 Å². The van der Waals surface area contributed by atoms with Crippen LogP contribution in [0.3, 0.4) is 0 Å². The first-order valence-electron chi connectivity index (χ1n) is 9.51. The van der Waals surface area contributed by atoms with Crippen molar-refractivity contribution in [3.05, 3.63) is 89.7 Å². The van der Waals surface area contributed by atoms with Gasteiger partial charge in [-0.25, -0.2) is 0 Å². The minimum atomic E-state index is -0.318. The molecule has 32 heavy (non-hydrogen) atoms. The van der Waals surface area contributed by atoms with E-state index < -0.39 is 0 Å². The highest BCUT2D eigenvalue weighted by molar-refractivity contribution is 7.99. The van der Waals surface area contributed by atoms with Crippen LogP contribution in [0.4, 0.5) is 5.69 Å². The van der Waals surface area contributed by atoms with E-state index >= 15 is 0 Å². The minimum Gasteiger partial charge on any atom is -0.497 e. The second-order valence-electron chi connectivity index (χ2n) is 6.85. The number of amides is 1. The first-order chi connectivity index (χ1) is 14.6. The van der Waals surface area contributed by atoms with Gasteiger partial charge in [-0.2, -0.15) is 0 Å². The molecule has 2 N–H and O–H groups in total. The Balaban J connectivity index is 0.00000181. The quantitative estimate of drug-likeness (QED) is 0.493. The molecule has 2 unspecified atom stereocenters. The fourth-order valence-electron chi connectivity index (χ4n) is 3.22. The van der Waals surface area contributed by atoms with Crippen LogP contribution in [-0.2, 0) is 4.79 Å². The lowest BCUT2D eigenvalue weighted by atomic mass is 10.0. The molecule has 2 aromatic carbocycles. The van der Waals surface area contributed by atoms with E-state index in [1.807, 2.05) is 12.1 Å². The number of thioether (sulfide) groups is 1. The highest BCUT2D eigenvalue weighted by atomic mass is 35.5. The largest absolute Gasteiger partial charge is 0.497 e. The Morgan fingerprint density at radius 2 is 1.84 bits per heavy atom. The van der Waals surface area contributed by atoms with Gasteiger partial charge in [0.05, 0.1) is 18.5 Å². The first kappa shape index (κ1) is 25.7. The molecule has 1 fully saturated rings. The maximum Gasteiger partial charge on any atom is 0.242 e. The number of benzene rings is 2. The van der Waals surface area contributed by atoms with Crippen LogP contribution in [0.5, 0.6) is 5.75 Å². The Hall–Kier alpha value is -2.58. The third-order valence-electron chi connectivity index (χ3n) is 4.83. The fraction of sp³-hybridized carbons (Fsp3) is 0.174. The zero-order valence-corrected chi connectivity index (χ0v) is 19.6. The molecule has 1 saturated heterocycles. The molecular formula is C23H23Cl2N3O3S. The molecule has 0 saturated carbocycles. The van der Waals surface area contributed by atoms with Gasteiger partial charge < -0.3 is 10.1 Å². The summed E-state index contributed by atoms with van der Waals surface area (Å²) in [5, 5.41) is 6.29. The maximum atomic E-state index is 12.8. The summed E-state index contributed by atoms with van der Waals surface area (Å²) in [6, 6.07) is 17.5. The van der Waals surface area contributed by atoms with Crippen molar-refractivity contribution in [3.8, 4) is 5.75 Å². The second-order valence-corrected chi connectivity index (χ2v) is 7.98. The van der Waals surface area contributed by atoms with Crippen LogP contribution in [0.1, 0.15) is 26.9 Å². The summed E-state index contributed by atoms with van der Waals surface area (Å²) in [7, 11) is 1.58. The topological polar surface area (TPSA) is 80.3 Å². The van der Waals surface area contributed by atoms with Gasteiger partial charge in [0.15, 0.2) is 5.78 Å². The van der Waals surface area contributed by atoms with Crippen LogP contribution in [0.2, 0.25) is 0 Å². The Kier molecular flexibility index (Phi) is 9.53. The average Bonchev–Trinajstić information content (AvgIpc) is 3.30. The van der Waals surface area contributed by atoms with Crippen molar-refractivity contribution in [1.82, 2.24) is 10.3 Å². The molecular weight excluding hydrogens is 469 g/mol. The van der Waals surface area contributed by atoms with Crippen molar-refractivity contribution >= 4 is 54.0 Å². The molecule has 4 rings (SSSR count). The molecule has 3 aromatic rings. The minimum absolute atomic E-state index is 0. The van der Waals surface area contributed by atoms with Crippen molar-refractivity contribution in [3.63, 3.8) is 0 Å². The molecule has 168 valence electrons. The number of anilines is 1. The Morgan fingerprint density at radius 3 is 2.53 bits per heavy atom. The number of carbonyl (C=O) groups excluding carboxylic acids is 2. The number of nitrogens with zero attached hydrogens (tertiary/aromatic N) is 1. The van der Waals surface area contributed by atoms with Crippen molar-refractivity contribution < 1.29 is 14.3 Å².